The third-order valence-corrected chi connectivity index (χ3v) is 5.41. The number of carbonyl (C=O) groups excluding carboxylic acids is 1. The Kier molecular flexibility index (Phi) is 5.66. The van der Waals surface area contributed by atoms with Crippen LogP contribution in [-0.2, 0) is 23.1 Å². The summed E-state index contributed by atoms with van der Waals surface area (Å²) in [5.74, 6) is -4.64. The van der Waals surface area contributed by atoms with Gasteiger partial charge in [0.2, 0.25) is 5.91 Å². The van der Waals surface area contributed by atoms with Gasteiger partial charge in [-0.05, 0) is 19.9 Å². The van der Waals surface area contributed by atoms with E-state index in [9.17, 15) is 31.1 Å². The van der Waals surface area contributed by atoms with Crippen molar-refractivity contribution >= 4 is 11.6 Å². The van der Waals surface area contributed by atoms with Gasteiger partial charge < -0.3 is 10.6 Å². The zero-order valence-electron chi connectivity index (χ0n) is 17.9. The number of rotatable bonds is 5. The first-order chi connectivity index (χ1) is 15.8. The lowest BCUT2D eigenvalue weighted by Gasteiger charge is -2.21. The summed E-state index contributed by atoms with van der Waals surface area (Å²) < 4.78 is 82.3. The summed E-state index contributed by atoms with van der Waals surface area (Å²) in [6.07, 6.45) is -1.33. The van der Waals surface area contributed by atoms with Crippen molar-refractivity contribution in [1.82, 2.24) is 29.6 Å². The van der Waals surface area contributed by atoms with Crippen LogP contribution in [0.15, 0.2) is 30.9 Å². The Balaban J connectivity index is 1.46. The number of imidazole rings is 1. The van der Waals surface area contributed by atoms with Crippen LogP contribution in [0.5, 0.6) is 0 Å². The number of amides is 1. The third kappa shape index (κ3) is 4.76. The maximum absolute atomic E-state index is 14.7. The minimum absolute atomic E-state index is 0.0310. The maximum atomic E-state index is 14.7. The van der Waals surface area contributed by atoms with Crippen LogP contribution in [-0.4, -0.2) is 42.7 Å². The fourth-order valence-electron chi connectivity index (χ4n) is 3.71. The first kappa shape index (κ1) is 23.7. The van der Waals surface area contributed by atoms with Gasteiger partial charge >= 0.3 is 6.18 Å². The first-order valence-electron chi connectivity index (χ1n) is 10.0. The molecule has 0 bridgehead atoms. The number of hydrogen-bond acceptors (Lipinski definition) is 5. The standard InChI is InChI=1S/C20H19F6N7O/c1-11-3-14(20(24,25)26)31-33(11)7-16(34)30-12-4-13(21)17(27-5-12)32-6-15(28-10-32)18(2)8-19(22,23)9-29-18/h3-6,10,29H,7-9H2,1-2H3,(H,30,34). The molecule has 0 aliphatic carbocycles. The Morgan fingerprint density at radius 2 is 2.00 bits per heavy atom. The predicted molar refractivity (Wildman–Crippen MR) is 107 cm³/mol. The normalized spacial score (nSPS) is 20.0. The third-order valence-electron chi connectivity index (χ3n) is 5.41. The Morgan fingerprint density at radius 3 is 2.59 bits per heavy atom. The van der Waals surface area contributed by atoms with Crippen molar-refractivity contribution in [2.24, 2.45) is 0 Å². The molecule has 4 rings (SSSR count). The topological polar surface area (TPSA) is 89.7 Å². The molecular formula is C20H19F6N7O. The van der Waals surface area contributed by atoms with Gasteiger partial charge in [0.15, 0.2) is 17.3 Å². The first-order valence-corrected chi connectivity index (χ1v) is 10.0. The fraction of sp³-hybridized carbons (Fsp3) is 0.400. The lowest BCUT2D eigenvalue weighted by molar-refractivity contribution is -0.141. The summed E-state index contributed by atoms with van der Waals surface area (Å²) in [5.41, 5.74) is -1.83. The van der Waals surface area contributed by atoms with E-state index >= 15 is 0 Å². The van der Waals surface area contributed by atoms with Crippen LogP contribution in [0.3, 0.4) is 0 Å². The second-order valence-electron chi connectivity index (χ2n) is 8.29. The smallest absolute Gasteiger partial charge is 0.323 e. The molecule has 1 saturated heterocycles. The van der Waals surface area contributed by atoms with E-state index in [0.717, 1.165) is 23.0 Å². The fourth-order valence-corrected chi connectivity index (χ4v) is 3.71. The second kappa shape index (κ2) is 8.11. The van der Waals surface area contributed by atoms with E-state index in [0.29, 0.717) is 0 Å². The van der Waals surface area contributed by atoms with Gasteiger partial charge in [-0.15, -0.1) is 0 Å². The van der Waals surface area contributed by atoms with Crippen LogP contribution < -0.4 is 10.6 Å². The van der Waals surface area contributed by atoms with Crippen molar-refractivity contribution in [1.29, 1.82) is 0 Å². The number of alkyl halides is 5. The molecular weight excluding hydrogens is 468 g/mol. The molecule has 0 saturated carbocycles. The summed E-state index contributed by atoms with van der Waals surface area (Å²) >= 11 is 0. The molecule has 0 spiro atoms. The van der Waals surface area contributed by atoms with Crippen molar-refractivity contribution in [3.63, 3.8) is 0 Å². The number of hydrogen-bond donors (Lipinski definition) is 2. The quantitative estimate of drug-likeness (QED) is 0.539. The minimum atomic E-state index is -4.64. The number of nitrogens with zero attached hydrogens (tertiary/aromatic N) is 5. The molecule has 4 heterocycles. The van der Waals surface area contributed by atoms with Crippen molar-refractivity contribution in [2.75, 3.05) is 11.9 Å². The molecule has 1 atom stereocenters. The van der Waals surface area contributed by atoms with E-state index in [1.807, 2.05) is 0 Å². The van der Waals surface area contributed by atoms with E-state index in [1.165, 1.54) is 24.0 Å². The molecule has 182 valence electrons. The highest BCUT2D eigenvalue weighted by atomic mass is 19.4. The molecule has 0 aromatic carbocycles. The molecule has 1 fully saturated rings. The van der Waals surface area contributed by atoms with Crippen molar-refractivity contribution in [3.05, 3.63) is 53.8 Å². The average molecular weight is 487 g/mol. The Labute approximate surface area is 189 Å². The lowest BCUT2D eigenvalue weighted by atomic mass is 9.95. The number of aromatic nitrogens is 5. The van der Waals surface area contributed by atoms with Gasteiger partial charge in [-0.1, -0.05) is 0 Å². The monoisotopic (exact) mass is 487 g/mol. The van der Waals surface area contributed by atoms with E-state index in [-0.39, 0.29) is 22.9 Å². The molecule has 0 radical (unpaired) electrons. The molecule has 3 aromatic heterocycles. The second-order valence-corrected chi connectivity index (χ2v) is 8.29. The Bertz CT molecular complexity index is 1230. The highest BCUT2D eigenvalue weighted by Gasteiger charge is 2.48. The van der Waals surface area contributed by atoms with Gasteiger partial charge in [0.05, 0.1) is 29.7 Å². The van der Waals surface area contributed by atoms with Crippen molar-refractivity contribution < 1.29 is 31.1 Å². The SMILES string of the molecule is Cc1cc(C(F)(F)F)nn1CC(=O)Nc1cnc(-n2cnc(C3(C)CC(F)(F)CN3)c2)c(F)c1. The van der Waals surface area contributed by atoms with E-state index in [2.05, 4.69) is 25.7 Å². The Hall–Kier alpha value is -3.42. The number of nitrogens with one attached hydrogen (secondary N) is 2. The van der Waals surface area contributed by atoms with Gasteiger partial charge in [0, 0.05) is 24.4 Å². The van der Waals surface area contributed by atoms with Gasteiger partial charge in [-0.3, -0.25) is 14.0 Å². The number of pyridine rings is 1. The average Bonchev–Trinajstić information content (AvgIpc) is 3.40. The molecule has 8 nitrogen and oxygen atoms in total. The molecule has 1 aliphatic heterocycles. The predicted octanol–water partition coefficient (Wildman–Crippen LogP) is 3.41. The number of aryl methyl sites for hydroxylation is 1. The molecule has 3 aromatic rings. The summed E-state index contributed by atoms with van der Waals surface area (Å²) in [4.78, 5) is 20.3. The van der Waals surface area contributed by atoms with Gasteiger partial charge in [0.25, 0.3) is 5.92 Å². The van der Waals surface area contributed by atoms with Gasteiger partial charge in [-0.25, -0.2) is 23.1 Å². The van der Waals surface area contributed by atoms with Crippen LogP contribution in [0.2, 0.25) is 0 Å². The molecule has 1 aliphatic rings. The van der Waals surface area contributed by atoms with Crippen LogP contribution in [0.4, 0.5) is 32.0 Å². The van der Waals surface area contributed by atoms with E-state index < -0.39 is 54.6 Å². The van der Waals surface area contributed by atoms with Gasteiger partial charge in [-0.2, -0.15) is 18.3 Å². The number of anilines is 1. The van der Waals surface area contributed by atoms with Crippen LogP contribution in [0.25, 0.3) is 5.82 Å². The zero-order chi connectivity index (χ0) is 24.9. The van der Waals surface area contributed by atoms with Crippen LogP contribution in [0, 0.1) is 12.7 Å². The largest absolute Gasteiger partial charge is 0.435 e. The van der Waals surface area contributed by atoms with Crippen molar-refractivity contribution in [2.45, 2.75) is 44.5 Å². The van der Waals surface area contributed by atoms with Crippen LogP contribution in [0.1, 0.15) is 30.4 Å². The summed E-state index contributed by atoms with van der Waals surface area (Å²) in [5, 5.41) is 8.44. The number of halogens is 6. The summed E-state index contributed by atoms with van der Waals surface area (Å²) in [7, 11) is 0. The van der Waals surface area contributed by atoms with E-state index in [4.69, 9.17) is 0 Å². The number of carbonyl (C=O) groups is 1. The molecule has 1 amide bonds. The Morgan fingerprint density at radius 1 is 1.26 bits per heavy atom. The maximum Gasteiger partial charge on any atom is 0.435 e. The highest BCUT2D eigenvalue weighted by Crippen LogP contribution is 2.38. The van der Waals surface area contributed by atoms with Gasteiger partial charge in [0.1, 0.15) is 12.9 Å². The summed E-state index contributed by atoms with van der Waals surface area (Å²) in [6.45, 7) is 1.93. The molecule has 2 N–H and O–H groups in total. The molecule has 34 heavy (non-hydrogen) atoms. The lowest BCUT2D eigenvalue weighted by Crippen LogP contribution is -2.33. The van der Waals surface area contributed by atoms with E-state index in [1.54, 1.807) is 6.92 Å². The molecule has 1 unspecified atom stereocenters. The van der Waals surface area contributed by atoms with Crippen LogP contribution >= 0.6 is 0 Å². The van der Waals surface area contributed by atoms with Crippen molar-refractivity contribution in [3.8, 4) is 5.82 Å². The highest BCUT2D eigenvalue weighted by molar-refractivity contribution is 5.90. The minimum Gasteiger partial charge on any atom is -0.323 e. The zero-order valence-corrected chi connectivity index (χ0v) is 17.9. The molecule has 14 heteroatoms. The summed E-state index contributed by atoms with van der Waals surface area (Å²) in [6, 6.07) is 1.78.